The van der Waals surface area contributed by atoms with E-state index < -0.39 is 11.9 Å². The quantitative estimate of drug-likeness (QED) is 0.819. The third kappa shape index (κ3) is 2.85. The summed E-state index contributed by atoms with van der Waals surface area (Å²) in [5.41, 5.74) is 0.353. The van der Waals surface area contributed by atoms with Gasteiger partial charge in [0.2, 0.25) is 0 Å². The Morgan fingerprint density at radius 1 is 0.800 bits per heavy atom. The minimum atomic E-state index is -1.31. The molecule has 0 spiro atoms. The summed E-state index contributed by atoms with van der Waals surface area (Å²) in [7, 11) is 0. The molecule has 0 bridgehead atoms. The zero-order valence-electron chi connectivity index (χ0n) is 10.3. The number of carboxylic acids is 2. The molecule has 0 aromatic heterocycles. The third-order valence-electron chi connectivity index (χ3n) is 2.62. The number of hydrogen-bond donors (Lipinski definition) is 2. The molecule has 20 heavy (non-hydrogen) atoms. The van der Waals surface area contributed by atoms with Crippen LogP contribution in [0, 0.1) is 11.8 Å². The first-order chi connectivity index (χ1) is 9.59. The summed E-state index contributed by atoms with van der Waals surface area (Å²) >= 11 is 0. The smallest absolute Gasteiger partial charge is 0.337 e. The molecule has 0 aliphatic carbocycles. The van der Waals surface area contributed by atoms with E-state index in [9.17, 15) is 9.59 Å². The molecule has 0 heterocycles. The van der Waals surface area contributed by atoms with Crippen molar-refractivity contribution in [3.8, 4) is 11.8 Å². The van der Waals surface area contributed by atoms with Gasteiger partial charge in [0.05, 0.1) is 11.1 Å². The number of aromatic carboxylic acids is 2. The lowest BCUT2D eigenvalue weighted by atomic mass is 10.0. The molecule has 0 atom stereocenters. The molecule has 2 N–H and O–H groups in total. The van der Waals surface area contributed by atoms with E-state index in [0.29, 0.717) is 0 Å². The van der Waals surface area contributed by atoms with E-state index in [4.69, 9.17) is 10.2 Å². The van der Waals surface area contributed by atoms with E-state index in [0.717, 1.165) is 5.56 Å². The lowest BCUT2D eigenvalue weighted by Crippen LogP contribution is -2.10. The molecule has 2 rings (SSSR count). The van der Waals surface area contributed by atoms with Crippen molar-refractivity contribution in [2.45, 2.75) is 0 Å². The molecular formula is C16H10O4. The average Bonchev–Trinajstić information content (AvgIpc) is 2.45. The fourth-order valence-corrected chi connectivity index (χ4v) is 1.73. The molecule has 0 aliphatic rings. The zero-order valence-corrected chi connectivity index (χ0v) is 10.3. The summed E-state index contributed by atoms with van der Waals surface area (Å²) < 4.78 is 0. The Morgan fingerprint density at radius 2 is 1.50 bits per heavy atom. The monoisotopic (exact) mass is 266 g/mol. The SMILES string of the molecule is O=C(O)c1cccc(C#Cc2ccccc2)c1C(=O)O. The Labute approximate surface area is 115 Å². The number of benzene rings is 2. The molecular weight excluding hydrogens is 256 g/mol. The molecule has 0 aliphatic heterocycles. The summed E-state index contributed by atoms with van der Waals surface area (Å²) in [6.45, 7) is 0. The Morgan fingerprint density at radius 3 is 2.10 bits per heavy atom. The molecule has 2 aromatic rings. The molecule has 0 fully saturated rings. The fraction of sp³-hybridized carbons (Fsp3) is 0. The summed E-state index contributed by atoms with van der Waals surface area (Å²) in [6, 6.07) is 13.3. The van der Waals surface area contributed by atoms with Gasteiger partial charge in [0.1, 0.15) is 0 Å². The van der Waals surface area contributed by atoms with Crippen LogP contribution in [-0.2, 0) is 0 Å². The lowest BCUT2D eigenvalue weighted by Gasteiger charge is -2.03. The molecule has 0 unspecified atom stereocenters. The van der Waals surface area contributed by atoms with Crippen LogP contribution in [0.3, 0.4) is 0 Å². The van der Waals surface area contributed by atoms with Gasteiger partial charge in [-0.15, -0.1) is 0 Å². The Kier molecular flexibility index (Phi) is 3.82. The number of hydrogen-bond acceptors (Lipinski definition) is 2. The van der Waals surface area contributed by atoms with E-state index in [1.807, 2.05) is 18.2 Å². The highest BCUT2D eigenvalue weighted by atomic mass is 16.4. The maximum Gasteiger partial charge on any atom is 0.337 e. The van der Waals surface area contributed by atoms with Gasteiger partial charge >= 0.3 is 11.9 Å². The predicted octanol–water partition coefficient (Wildman–Crippen LogP) is 2.48. The van der Waals surface area contributed by atoms with Gasteiger partial charge in [0.25, 0.3) is 0 Å². The van der Waals surface area contributed by atoms with Crippen LogP contribution in [0.15, 0.2) is 48.5 Å². The molecule has 0 radical (unpaired) electrons. The van der Waals surface area contributed by atoms with Crippen LogP contribution in [0.1, 0.15) is 31.8 Å². The van der Waals surface area contributed by atoms with Crippen LogP contribution in [0.25, 0.3) is 0 Å². The predicted molar refractivity (Wildman–Crippen MR) is 72.8 cm³/mol. The first-order valence-corrected chi connectivity index (χ1v) is 5.76. The van der Waals surface area contributed by atoms with E-state index in [1.165, 1.54) is 18.2 Å². The second-order valence-corrected chi connectivity index (χ2v) is 3.95. The van der Waals surface area contributed by atoms with Crippen molar-refractivity contribution in [1.29, 1.82) is 0 Å². The van der Waals surface area contributed by atoms with Gasteiger partial charge in [-0.3, -0.25) is 0 Å². The van der Waals surface area contributed by atoms with Crippen LogP contribution in [0.2, 0.25) is 0 Å². The normalized spacial score (nSPS) is 9.40. The van der Waals surface area contributed by atoms with Crippen molar-refractivity contribution >= 4 is 11.9 Å². The number of carboxylic acid groups (broad SMARTS) is 2. The van der Waals surface area contributed by atoms with Gasteiger partial charge < -0.3 is 10.2 Å². The minimum absolute atomic E-state index is 0.182. The second kappa shape index (κ2) is 5.72. The van der Waals surface area contributed by atoms with E-state index in [2.05, 4.69) is 11.8 Å². The molecule has 0 saturated carbocycles. The Balaban J connectivity index is 2.53. The van der Waals surface area contributed by atoms with E-state index in [1.54, 1.807) is 12.1 Å². The average molecular weight is 266 g/mol. The van der Waals surface area contributed by atoms with Crippen molar-refractivity contribution in [3.05, 3.63) is 70.8 Å². The molecule has 4 heteroatoms. The highest BCUT2D eigenvalue weighted by Crippen LogP contribution is 2.14. The van der Waals surface area contributed by atoms with Crippen molar-refractivity contribution in [2.24, 2.45) is 0 Å². The van der Waals surface area contributed by atoms with Gasteiger partial charge in [0, 0.05) is 11.1 Å². The van der Waals surface area contributed by atoms with Crippen LogP contribution < -0.4 is 0 Å². The van der Waals surface area contributed by atoms with E-state index in [-0.39, 0.29) is 16.7 Å². The largest absolute Gasteiger partial charge is 0.478 e. The first kappa shape index (κ1) is 13.4. The van der Waals surface area contributed by atoms with Gasteiger partial charge in [-0.05, 0) is 24.3 Å². The van der Waals surface area contributed by atoms with E-state index >= 15 is 0 Å². The van der Waals surface area contributed by atoms with Crippen LogP contribution in [0.5, 0.6) is 0 Å². The van der Waals surface area contributed by atoms with Gasteiger partial charge in [0.15, 0.2) is 0 Å². The van der Waals surface area contributed by atoms with Crippen molar-refractivity contribution in [1.82, 2.24) is 0 Å². The highest BCUT2D eigenvalue weighted by molar-refractivity contribution is 6.03. The van der Waals surface area contributed by atoms with Crippen molar-refractivity contribution in [3.63, 3.8) is 0 Å². The third-order valence-corrected chi connectivity index (χ3v) is 2.62. The molecule has 4 nitrogen and oxygen atoms in total. The standard InChI is InChI=1S/C16H10O4/c17-15(18)13-8-4-7-12(14(13)16(19)20)10-9-11-5-2-1-3-6-11/h1-8H,(H,17,18)(H,19,20). The van der Waals surface area contributed by atoms with Crippen LogP contribution in [-0.4, -0.2) is 22.2 Å². The van der Waals surface area contributed by atoms with Gasteiger partial charge in [-0.2, -0.15) is 0 Å². The number of carbonyl (C=O) groups is 2. The van der Waals surface area contributed by atoms with Crippen molar-refractivity contribution in [2.75, 3.05) is 0 Å². The topological polar surface area (TPSA) is 74.6 Å². The lowest BCUT2D eigenvalue weighted by molar-refractivity contribution is 0.0651. The molecule has 98 valence electrons. The fourth-order valence-electron chi connectivity index (χ4n) is 1.73. The van der Waals surface area contributed by atoms with Crippen LogP contribution in [0.4, 0.5) is 0 Å². The summed E-state index contributed by atoms with van der Waals surface area (Å²) in [5, 5.41) is 18.2. The zero-order chi connectivity index (χ0) is 14.5. The van der Waals surface area contributed by atoms with Crippen molar-refractivity contribution < 1.29 is 19.8 Å². The maximum absolute atomic E-state index is 11.2. The van der Waals surface area contributed by atoms with Gasteiger partial charge in [-0.25, -0.2) is 9.59 Å². The van der Waals surface area contributed by atoms with Gasteiger partial charge in [-0.1, -0.05) is 36.1 Å². The molecule has 0 amide bonds. The number of rotatable bonds is 2. The first-order valence-electron chi connectivity index (χ1n) is 5.76. The minimum Gasteiger partial charge on any atom is -0.478 e. The maximum atomic E-state index is 11.2. The van der Waals surface area contributed by atoms with Crippen LogP contribution >= 0.6 is 0 Å². The summed E-state index contributed by atoms with van der Waals surface area (Å²) in [4.78, 5) is 22.3. The highest BCUT2D eigenvalue weighted by Gasteiger charge is 2.18. The Hall–Kier alpha value is -3.06. The molecule has 0 saturated heterocycles. The Bertz CT molecular complexity index is 721. The molecule has 2 aromatic carbocycles. The summed E-state index contributed by atoms with van der Waals surface area (Å²) in [5.74, 6) is 2.94. The summed E-state index contributed by atoms with van der Waals surface area (Å²) in [6.07, 6.45) is 0. The second-order valence-electron chi connectivity index (χ2n) is 3.95.